The molecule has 4 heteroatoms. The Morgan fingerprint density at radius 2 is 2.46 bits per heavy atom. The summed E-state index contributed by atoms with van der Waals surface area (Å²) in [4.78, 5) is 11.3. The van der Waals surface area contributed by atoms with Crippen LogP contribution in [0.15, 0.2) is 6.20 Å². The fourth-order valence-electron chi connectivity index (χ4n) is 1.58. The van der Waals surface area contributed by atoms with Crippen molar-refractivity contribution in [3.05, 3.63) is 17.5 Å². The van der Waals surface area contributed by atoms with Crippen LogP contribution in [0.3, 0.4) is 0 Å². The van der Waals surface area contributed by atoms with E-state index in [-0.39, 0.29) is 5.97 Å². The number of hydrogen-bond acceptors (Lipinski definition) is 3. The molecule has 1 N–H and O–H groups in total. The Morgan fingerprint density at radius 1 is 1.69 bits per heavy atom. The SMILES string of the molecule is COC(=O)c1cn[nH]c1C1CCC1. The van der Waals surface area contributed by atoms with E-state index in [1.165, 1.54) is 13.5 Å². The number of nitrogens with zero attached hydrogens (tertiary/aromatic N) is 1. The number of ether oxygens (including phenoxy) is 1. The number of hydrogen-bond donors (Lipinski definition) is 1. The van der Waals surface area contributed by atoms with Crippen molar-refractivity contribution >= 4 is 5.97 Å². The third-order valence-corrected chi connectivity index (χ3v) is 2.59. The second kappa shape index (κ2) is 3.20. The summed E-state index contributed by atoms with van der Waals surface area (Å²) in [5.41, 5.74) is 1.53. The molecule has 2 rings (SSSR count). The second-order valence-corrected chi connectivity index (χ2v) is 3.32. The summed E-state index contributed by atoms with van der Waals surface area (Å²) in [5.74, 6) is 0.187. The molecule has 1 aromatic heterocycles. The van der Waals surface area contributed by atoms with Gasteiger partial charge < -0.3 is 4.74 Å². The van der Waals surface area contributed by atoms with Crippen LogP contribution < -0.4 is 0 Å². The zero-order chi connectivity index (χ0) is 9.26. The lowest BCUT2D eigenvalue weighted by molar-refractivity contribution is 0.0598. The van der Waals surface area contributed by atoms with E-state index in [1.54, 1.807) is 6.20 Å². The third-order valence-electron chi connectivity index (χ3n) is 2.59. The molecule has 0 atom stereocenters. The van der Waals surface area contributed by atoms with E-state index in [0.717, 1.165) is 18.5 Å². The number of carbonyl (C=O) groups is 1. The maximum absolute atomic E-state index is 11.3. The normalized spacial score (nSPS) is 16.7. The van der Waals surface area contributed by atoms with Gasteiger partial charge in [-0.05, 0) is 12.8 Å². The van der Waals surface area contributed by atoms with Crippen molar-refractivity contribution < 1.29 is 9.53 Å². The average Bonchev–Trinajstić information content (AvgIpc) is 2.49. The van der Waals surface area contributed by atoms with Crippen LogP contribution in [0.2, 0.25) is 0 Å². The minimum atomic E-state index is -0.296. The molecule has 0 aliphatic heterocycles. The zero-order valence-electron chi connectivity index (χ0n) is 7.54. The Labute approximate surface area is 76.3 Å². The first kappa shape index (κ1) is 8.29. The van der Waals surface area contributed by atoms with Crippen LogP contribution in [0.4, 0.5) is 0 Å². The lowest BCUT2D eigenvalue weighted by atomic mass is 9.82. The molecular weight excluding hydrogens is 168 g/mol. The van der Waals surface area contributed by atoms with Gasteiger partial charge in [0.2, 0.25) is 0 Å². The summed E-state index contributed by atoms with van der Waals surface area (Å²) in [6.45, 7) is 0. The summed E-state index contributed by atoms with van der Waals surface area (Å²) in [5, 5.41) is 6.74. The van der Waals surface area contributed by atoms with Gasteiger partial charge in [-0.2, -0.15) is 5.10 Å². The molecule has 0 amide bonds. The van der Waals surface area contributed by atoms with E-state index in [0.29, 0.717) is 11.5 Å². The molecule has 0 saturated heterocycles. The predicted molar refractivity (Wildman–Crippen MR) is 46.5 cm³/mol. The second-order valence-electron chi connectivity index (χ2n) is 3.32. The summed E-state index contributed by atoms with van der Waals surface area (Å²) in [6.07, 6.45) is 5.07. The molecule has 0 aromatic carbocycles. The van der Waals surface area contributed by atoms with Crippen molar-refractivity contribution in [2.24, 2.45) is 0 Å². The van der Waals surface area contributed by atoms with Gasteiger partial charge in [-0.25, -0.2) is 4.79 Å². The Hall–Kier alpha value is -1.32. The molecular formula is C9H12N2O2. The summed E-state index contributed by atoms with van der Waals surface area (Å²) < 4.78 is 4.66. The van der Waals surface area contributed by atoms with Crippen molar-refractivity contribution in [2.45, 2.75) is 25.2 Å². The molecule has 13 heavy (non-hydrogen) atoms. The number of H-pyrrole nitrogens is 1. The highest BCUT2D eigenvalue weighted by molar-refractivity contribution is 5.90. The standard InChI is InChI=1S/C9H12N2O2/c1-13-9(12)7-5-10-11-8(7)6-3-2-4-6/h5-6H,2-4H2,1H3,(H,10,11). The lowest BCUT2D eigenvalue weighted by Gasteiger charge is -2.24. The molecule has 1 fully saturated rings. The van der Waals surface area contributed by atoms with Gasteiger partial charge in [0.05, 0.1) is 19.0 Å². The van der Waals surface area contributed by atoms with Gasteiger partial charge >= 0.3 is 5.97 Å². The highest BCUT2D eigenvalue weighted by Gasteiger charge is 2.26. The molecule has 1 aromatic rings. The summed E-state index contributed by atoms with van der Waals surface area (Å²) in [7, 11) is 1.39. The molecule has 1 aliphatic carbocycles. The van der Waals surface area contributed by atoms with E-state index < -0.39 is 0 Å². The van der Waals surface area contributed by atoms with Crippen LogP contribution in [-0.2, 0) is 4.74 Å². The van der Waals surface area contributed by atoms with Crippen LogP contribution in [0.1, 0.15) is 41.2 Å². The van der Waals surface area contributed by atoms with Gasteiger partial charge in [0, 0.05) is 5.92 Å². The van der Waals surface area contributed by atoms with Crippen LogP contribution >= 0.6 is 0 Å². The maximum atomic E-state index is 11.3. The molecule has 4 nitrogen and oxygen atoms in total. The maximum Gasteiger partial charge on any atom is 0.341 e. The quantitative estimate of drug-likeness (QED) is 0.701. The number of esters is 1. The molecule has 70 valence electrons. The van der Waals surface area contributed by atoms with Gasteiger partial charge in [-0.15, -0.1) is 0 Å². The van der Waals surface area contributed by atoms with E-state index >= 15 is 0 Å². The van der Waals surface area contributed by atoms with Crippen molar-refractivity contribution in [1.82, 2.24) is 10.2 Å². The molecule has 0 radical (unpaired) electrons. The minimum absolute atomic E-state index is 0.296. The van der Waals surface area contributed by atoms with Gasteiger partial charge in [0.1, 0.15) is 5.56 Å². The number of aromatic amines is 1. The monoisotopic (exact) mass is 180 g/mol. The fourth-order valence-corrected chi connectivity index (χ4v) is 1.58. The molecule has 0 spiro atoms. The highest BCUT2D eigenvalue weighted by atomic mass is 16.5. The number of aromatic nitrogens is 2. The molecule has 0 unspecified atom stereocenters. The van der Waals surface area contributed by atoms with Gasteiger partial charge in [-0.1, -0.05) is 6.42 Å². The molecule has 1 saturated carbocycles. The molecule has 0 bridgehead atoms. The Balaban J connectivity index is 2.24. The van der Waals surface area contributed by atoms with Crippen molar-refractivity contribution in [3.63, 3.8) is 0 Å². The van der Waals surface area contributed by atoms with Crippen LogP contribution in [0.5, 0.6) is 0 Å². The van der Waals surface area contributed by atoms with Crippen LogP contribution in [-0.4, -0.2) is 23.3 Å². The summed E-state index contributed by atoms with van der Waals surface area (Å²) >= 11 is 0. The fraction of sp³-hybridized carbons (Fsp3) is 0.556. The van der Waals surface area contributed by atoms with E-state index in [2.05, 4.69) is 14.9 Å². The average molecular weight is 180 g/mol. The van der Waals surface area contributed by atoms with Crippen molar-refractivity contribution in [2.75, 3.05) is 7.11 Å². The Kier molecular flexibility index (Phi) is 2.04. The van der Waals surface area contributed by atoms with E-state index in [9.17, 15) is 4.79 Å². The Bertz CT molecular complexity index is 315. The first-order valence-corrected chi connectivity index (χ1v) is 4.44. The van der Waals surface area contributed by atoms with Crippen LogP contribution in [0, 0.1) is 0 Å². The number of carbonyl (C=O) groups excluding carboxylic acids is 1. The topological polar surface area (TPSA) is 55.0 Å². The number of nitrogens with one attached hydrogen (secondary N) is 1. The van der Waals surface area contributed by atoms with Gasteiger partial charge in [-0.3, -0.25) is 5.10 Å². The number of rotatable bonds is 2. The first-order chi connectivity index (χ1) is 6.33. The highest BCUT2D eigenvalue weighted by Crippen LogP contribution is 2.36. The third kappa shape index (κ3) is 1.32. The van der Waals surface area contributed by atoms with E-state index in [1.807, 2.05) is 0 Å². The minimum Gasteiger partial charge on any atom is -0.465 e. The smallest absolute Gasteiger partial charge is 0.341 e. The lowest BCUT2D eigenvalue weighted by Crippen LogP contribution is -2.13. The molecule has 1 heterocycles. The first-order valence-electron chi connectivity index (χ1n) is 4.44. The van der Waals surface area contributed by atoms with E-state index in [4.69, 9.17) is 0 Å². The largest absolute Gasteiger partial charge is 0.465 e. The van der Waals surface area contributed by atoms with Gasteiger partial charge in [0.25, 0.3) is 0 Å². The zero-order valence-corrected chi connectivity index (χ0v) is 7.54. The van der Waals surface area contributed by atoms with Crippen molar-refractivity contribution in [1.29, 1.82) is 0 Å². The van der Waals surface area contributed by atoms with Gasteiger partial charge in [0.15, 0.2) is 0 Å². The Morgan fingerprint density at radius 3 is 3.00 bits per heavy atom. The van der Waals surface area contributed by atoms with Crippen molar-refractivity contribution in [3.8, 4) is 0 Å². The number of methoxy groups -OCH3 is 1. The summed E-state index contributed by atoms with van der Waals surface area (Å²) in [6, 6.07) is 0. The van der Waals surface area contributed by atoms with Crippen LogP contribution in [0.25, 0.3) is 0 Å². The predicted octanol–water partition coefficient (Wildman–Crippen LogP) is 1.46. The molecule has 1 aliphatic rings.